The van der Waals surface area contributed by atoms with Crippen LogP contribution in [0.4, 0.5) is 5.69 Å². The van der Waals surface area contributed by atoms with Crippen molar-refractivity contribution >= 4 is 11.6 Å². The average Bonchev–Trinajstić information content (AvgIpc) is 2.88. The molecule has 1 amide bonds. The second-order valence-corrected chi connectivity index (χ2v) is 5.73. The van der Waals surface area contributed by atoms with Gasteiger partial charge in [-0.05, 0) is 31.4 Å². The molecule has 1 aliphatic rings. The molecule has 21 heavy (non-hydrogen) atoms. The maximum absolute atomic E-state index is 12.8. The highest BCUT2D eigenvalue weighted by Gasteiger charge is 2.26. The Morgan fingerprint density at radius 2 is 2.00 bits per heavy atom. The highest BCUT2D eigenvalue weighted by Crippen LogP contribution is 2.23. The summed E-state index contributed by atoms with van der Waals surface area (Å²) < 4.78 is 1.71. The van der Waals surface area contributed by atoms with E-state index in [-0.39, 0.29) is 11.9 Å². The lowest BCUT2D eigenvalue weighted by molar-refractivity contribution is 0.0721. The summed E-state index contributed by atoms with van der Waals surface area (Å²) in [5, 5.41) is 4.22. The van der Waals surface area contributed by atoms with Crippen molar-refractivity contribution in [3.63, 3.8) is 0 Å². The molecule has 2 heterocycles. The normalized spacial score (nSPS) is 14.3. The van der Waals surface area contributed by atoms with E-state index >= 15 is 0 Å². The van der Waals surface area contributed by atoms with Crippen molar-refractivity contribution in [3.05, 3.63) is 47.3 Å². The molecule has 1 aromatic carbocycles. The van der Waals surface area contributed by atoms with Gasteiger partial charge < -0.3 is 10.6 Å². The fourth-order valence-electron chi connectivity index (χ4n) is 2.81. The quantitative estimate of drug-likeness (QED) is 0.920. The van der Waals surface area contributed by atoms with Crippen LogP contribution in [-0.4, -0.2) is 27.1 Å². The number of carbonyl (C=O) groups excluding carboxylic acids is 1. The Morgan fingerprint density at radius 3 is 2.71 bits per heavy atom. The molecule has 2 N–H and O–H groups in total. The predicted molar refractivity (Wildman–Crippen MR) is 81.9 cm³/mol. The molecule has 3 rings (SSSR count). The molecular formula is C16H20N4O. The maximum atomic E-state index is 12.8. The van der Waals surface area contributed by atoms with E-state index in [4.69, 9.17) is 5.73 Å². The predicted octanol–water partition coefficient (Wildman–Crippen LogP) is 2.24. The zero-order valence-corrected chi connectivity index (χ0v) is 12.4. The van der Waals surface area contributed by atoms with Crippen LogP contribution in [-0.2, 0) is 13.0 Å². The van der Waals surface area contributed by atoms with Crippen LogP contribution in [0.1, 0.15) is 41.5 Å². The van der Waals surface area contributed by atoms with Gasteiger partial charge in [0.25, 0.3) is 5.91 Å². The molecular weight excluding hydrogens is 264 g/mol. The van der Waals surface area contributed by atoms with Crippen LogP contribution in [0.15, 0.2) is 30.5 Å². The standard InChI is InChI=1S/C16H20N4O/c1-11(2)20-15(14(17)9-18-20)16(21)19-8-7-12-5-3-4-6-13(12)10-19/h3-6,9,11H,7-8,10,17H2,1-2H3. The molecule has 0 unspecified atom stereocenters. The summed E-state index contributed by atoms with van der Waals surface area (Å²) in [6.07, 6.45) is 2.45. The lowest BCUT2D eigenvalue weighted by Crippen LogP contribution is -2.37. The van der Waals surface area contributed by atoms with Gasteiger partial charge >= 0.3 is 0 Å². The number of benzene rings is 1. The molecule has 0 aliphatic carbocycles. The van der Waals surface area contributed by atoms with Crippen molar-refractivity contribution in [2.75, 3.05) is 12.3 Å². The molecule has 0 fully saturated rings. The van der Waals surface area contributed by atoms with E-state index < -0.39 is 0 Å². The zero-order chi connectivity index (χ0) is 15.0. The summed E-state index contributed by atoms with van der Waals surface area (Å²) in [7, 11) is 0. The van der Waals surface area contributed by atoms with Crippen molar-refractivity contribution < 1.29 is 4.79 Å². The number of hydrogen-bond donors (Lipinski definition) is 1. The highest BCUT2D eigenvalue weighted by atomic mass is 16.2. The van der Waals surface area contributed by atoms with Crippen molar-refractivity contribution in [1.82, 2.24) is 14.7 Å². The molecule has 0 bridgehead atoms. The number of hydrogen-bond acceptors (Lipinski definition) is 3. The Bertz CT molecular complexity index is 675. The Morgan fingerprint density at radius 1 is 1.29 bits per heavy atom. The van der Waals surface area contributed by atoms with Gasteiger partial charge in [-0.3, -0.25) is 9.48 Å². The fraction of sp³-hybridized carbons (Fsp3) is 0.375. The highest BCUT2D eigenvalue weighted by molar-refractivity contribution is 5.97. The molecule has 5 nitrogen and oxygen atoms in total. The summed E-state index contributed by atoms with van der Waals surface area (Å²) in [5.74, 6) is -0.0341. The Balaban J connectivity index is 1.89. The number of fused-ring (bicyclic) bond motifs is 1. The van der Waals surface area contributed by atoms with Gasteiger partial charge in [-0.25, -0.2) is 0 Å². The Hall–Kier alpha value is -2.30. The summed E-state index contributed by atoms with van der Waals surface area (Å²) in [6, 6.07) is 8.38. The Kier molecular flexibility index (Phi) is 3.41. The summed E-state index contributed by atoms with van der Waals surface area (Å²) in [5.41, 5.74) is 9.45. The van der Waals surface area contributed by atoms with E-state index in [1.807, 2.05) is 30.9 Å². The second kappa shape index (κ2) is 5.24. The lowest BCUT2D eigenvalue weighted by Gasteiger charge is -2.29. The second-order valence-electron chi connectivity index (χ2n) is 5.73. The largest absolute Gasteiger partial charge is 0.396 e. The molecule has 1 aromatic heterocycles. The minimum atomic E-state index is -0.0341. The van der Waals surface area contributed by atoms with E-state index in [0.29, 0.717) is 17.9 Å². The fourth-order valence-corrected chi connectivity index (χ4v) is 2.81. The first-order chi connectivity index (χ1) is 10.1. The Labute approximate surface area is 124 Å². The first-order valence-corrected chi connectivity index (χ1v) is 7.27. The number of carbonyl (C=O) groups is 1. The van der Waals surface area contributed by atoms with Crippen LogP contribution < -0.4 is 5.73 Å². The molecule has 5 heteroatoms. The van der Waals surface area contributed by atoms with Crippen LogP contribution in [0.3, 0.4) is 0 Å². The van der Waals surface area contributed by atoms with Gasteiger partial charge in [0.05, 0.1) is 11.9 Å². The number of nitrogen functional groups attached to an aromatic ring is 1. The summed E-state index contributed by atoms with van der Waals surface area (Å²) in [6.45, 7) is 5.35. The molecule has 110 valence electrons. The van der Waals surface area contributed by atoms with E-state index in [9.17, 15) is 4.79 Å². The van der Waals surface area contributed by atoms with Gasteiger partial charge in [0.15, 0.2) is 0 Å². The van der Waals surface area contributed by atoms with Crippen molar-refractivity contribution in [1.29, 1.82) is 0 Å². The van der Waals surface area contributed by atoms with Gasteiger partial charge in [-0.2, -0.15) is 5.10 Å². The lowest BCUT2D eigenvalue weighted by atomic mass is 9.99. The van der Waals surface area contributed by atoms with Crippen LogP contribution in [0.25, 0.3) is 0 Å². The topological polar surface area (TPSA) is 64.2 Å². The molecule has 0 spiro atoms. The average molecular weight is 284 g/mol. The number of anilines is 1. The summed E-state index contributed by atoms with van der Waals surface area (Å²) >= 11 is 0. The first kappa shape index (κ1) is 13.7. The third kappa shape index (κ3) is 2.39. The number of aromatic nitrogens is 2. The van der Waals surface area contributed by atoms with Gasteiger partial charge in [0.2, 0.25) is 0 Å². The van der Waals surface area contributed by atoms with Crippen molar-refractivity contribution in [3.8, 4) is 0 Å². The van der Waals surface area contributed by atoms with Gasteiger partial charge in [0.1, 0.15) is 5.69 Å². The van der Waals surface area contributed by atoms with Crippen LogP contribution >= 0.6 is 0 Å². The van der Waals surface area contributed by atoms with E-state index in [1.54, 1.807) is 10.9 Å². The van der Waals surface area contributed by atoms with Crippen molar-refractivity contribution in [2.24, 2.45) is 0 Å². The molecule has 0 radical (unpaired) electrons. The van der Waals surface area contributed by atoms with Gasteiger partial charge in [0, 0.05) is 19.1 Å². The zero-order valence-electron chi connectivity index (χ0n) is 12.4. The molecule has 0 atom stereocenters. The first-order valence-electron chi connectivity index (χ1n) is 7.27. The molecule has 1 aliphatic heterocycles. The monoisotopic (exact) mass is 284 g/mol. The molecule has 0 saturated carbocycles. The van der Waals surface area contributed by atoms with Gasteiger partial charge in [-0.1, -0.05) is 24.3 Å². The minimum Gasteiger partial charge on any atom is -0.396 e. The van der Waals surface area contributed by atoms with Crippen LogP contribution in [0.5, 0.6) is 0 Å². The van der Waals surface area contributed by atoms with E-state index in [1.165, 1.54) is 11.1 Å². The number of rotatable bonds is 2. The third-order valence-electron chi connectivity index (χ3n) is 3.93. The number of amides is 1. The third-order valence-corrected chi connectivity index (χ3v) is 3.93. The maximum Gasteiger partial charge on any atom is 0.274 e. The number of nitrogens with zero attached hydrogens (tertiary/aromatic N) is 3. The summed E-state index contributed by atoms with van der Waals surface area (Å²) in [4.78, 5) is 14.7. The number of nitrogens with two attached hydrogens (primary N) is 1. The van der Waals surface area contributed by atoms with E-state index in [2.05, 4.69) is 17.2 Å². The van der Waals surface area contributed by atoms with Crippen LogP contribution in [0.2, 0.25) is 0 Å². The molecule has 2 aromatic rings. The van der Waals surface area contributed by atoms with Crippen molar-refractivity contribution in [2.45, 2.75) is 32.9 Å². The minimum absolute atomic E-state index is 0.0341. The smallest absolute Gasteiger partial charge is 0.274 e. The molecule has 0 saturated heterocycles. The van der Waals surface area contributed by atoms with Crippen LogP contribution in [0, 0.1) is 0 Å². The SMILES string of the molecule is CC(C)n1ncc(N)c1C(=O)N1CCc2ccccc2C1. The van der Waals surface area contributed by atoms with E-state index in [0.717, 1.165) is 13.0 Å². The van der Waals surface area contributed by atoms with Gasteiger partial charge in [-0.15, -0.1) is 0 Å².